The molecular weight excluding hydrogens is 504 g/mol. The van der Waals surface area contributed by atoms with Gasteiger partial charge in [0, 0.05) is 12.1 Å². The number of carbonyl (C=O) groups excluding carboxylic acids is 1. The number of carboxylic acids is 1. The molecule has 1 heterocycles. The lowest BCUT2D eigenvalue weighted by atomic mass is 10.1. The van der Waals surface area contributed by atoms with E-state index in [1.54, 1.807) is 36.4 Å². The van der Waals surface area contributed by atoms with Crippen molar-refractivity contribution in [2.24, 2.45) is 0 Å². The highest BCUT2D eigenvalue weighted by molar-refractivity contribution is 8.27. The van der Waals surface area contributed by atoms with Gasteiger partial charge in [-0.2, -0.15) is 0 Å². The van der Waals surface area contributed by atoms with Crippen LogP contribution in [0.2, 0.25) is 0 Å². The van der Waals surface area contributed by atoms with Crippen LogP contribution in [0.25, 0.3) is 6.08 Å². The predicted octanol–water partition coefficient (Wildman–Crippen LogP) is 5.16. The van der Waals surface area contributed by atoms with Gasteiger partial charge in [0.1, 0.15) is 24.7 Å². The molecular formula is C25H18N2O7S2. The number of nitro benzene ring substituents is 1. The summed E-state index contributed by atoms with van der Waals surface area (Å²) in [6, 6.07) is 19.0. The minimum absolute atomic E-state index is 0.0129. The standard InChI is InChI=1S/C25H18N2O7S2/c28-23-22(36-25(35)26(23)19-5-2-4-17(15-19)24(29)30)14-16-3-1-6-21(13-16)34-12-11-33-20-9-7-18(8-10-20)27(31)32/h1-10,13-15H,11-12H2,(H,29,30)/b22-14-. The van der Waals surface area contributed by atoms with Gasteiger partial charge in [-0.15, -0.1) is 0 Å². The van der Waals surface area contributed by atoms with E-state index in [0.717, 1.165) is 17.3 Å². The third-order valence-electron chi connectivity index (χ3n) is 4.97. The third-order valence-corrected chi connectivity index (χ3v) is 6.27. The van der Waals surface area contributed by atoms with Crippen molar-refractivity contribution in [3.05, 3.63) is 98.9 Å². The van der Waals surface area contributed by atoms with Crippen molar-refractivity contribution in [2.75, 3.05) is 18.1 Å². The summed E-state index contributed by atoms with van der Waals surface area (Å²) in [5, 5.41) is 19.9. The summed E-state index contributed by atoms with van der Waals surface area (Å²) in [5.41, 5.74) is 1.17. The van der Waals surface area contributed by atoms with E-state index in [9.17, 15) is 24.8 Å². The molecule has 0 unspecified atom stereocenters. The molecule has 9 nitrogen and oxygen atoms in total. The Morgan fingerprint density at radius 2 is 1.72 bits per heavy atom. The molecule has 0 atom stereocenters. The molecule has 1 aliphatic rings. The number of carboxylic acid groups (broad SMARTS) is 1. The van der Waals surface area contributed by atoms with E-state index in [0.29, 0.717) is 26.4 Å². The van der Waals surface area contributed by atoms with Gasteiger partial charge >= 0.3 is 5.97 Å². The lowest BCUT2D eigenvalue weighted by molar-refractivity contribution is -0.384. The summed E-state index contributed by atoms with van der Waals surface area (Å²) in [6.07, 6.45) is 1.70. The van der Waals surface area contributed by atoms with Gasteiger partial charge in [-0.25, -0.2) is 4.79 Å². The molecule has 1 saturated heterocycles. The fourth-order valence-corrected chi connectivity index (χ4v) is 4.60. The maximum absolute atomic E-state index is 13.0. The number of thiocarbonyl (C=S) groups is 1. The zero-order valence-electron chi connectivity index (χ0n) is 18.5. The molecule has 4 rings (SSSR count). The van der Waals surface area contributed by atoms with Gasteiger partial charge in [0.15, 0.2) is 4.32 Å². The minimum atomic E-state index is -1.09. The van der Waals surface area contributed by atoms with Gasteiger partial charge in [-0.3, -0.25) is 19.8 Å². The van der Waals surface area contributed by atoms with Crippen molar-refractivity contribution in [2.45, 2.75) is 0 Å². The summed E-state index contributed by atoms with van der Waals surface area (Å²) in [6.45, 7) is 0.471. The number of benzene rings is 3. The first-order chi connectivity index (χ1) is 17.3. The highest BCUT2D eigenvalue weighted by Crippen LogP contribution is 2.36. The molecule has 1 aliphatic heterocycles. The molecule has 3 aromatic rings. The highest BCUT2D eigenvalue weighted by atomic mass is 32.2. The summed E-state index contributed by atoms with van der Waals surface area (Å²) < 4.78 is 11.6. The number of nitrogens with zero attached hydrogens (tertiary/aromatic N) is 2. The molecule has 3 aromatic carbocycles. The first-order valence-electron chi connectivity index (χ1n) is 10.5. The van der Waals surface area contributed by atoms with Gasteiger partial charge in [0.2, 0.25) is 0 Å². The largest absolute Gasteiger partial charge is 0.490 e. The van der Waals surface area contributed by atoms with Gasteiger partial charge in [0.25, 0.3) is 11.6 Å². The van der Waals surface area contributed by atoms with Crippen LogP contribution >= 0.6 is 24.0 Å². The average molecular weight is 523 g/mol. The minimum Gasteiger partial charge on any atom is -0.490 e. The Labute approximate surface area is 215 Å². The summed E-state index contributed by atoms with van der Waals surface area (Å²) in [7, 11) is 0. The Kier molecular flexibility index (Phi) is 7.62. The lowest BCUT2D eigenvalue weighted by Gasteiger charge is -2.14. The number of hydrogen-bond donors (Lipinski definition) is 1. The van der Waals surface area contributed by atoms with Crippen molar-refractivity contribution < 1.29 is 29.1 Å². The molecule has 0 saturated carbocycles. The topological polar surface area (TPSA) is 119 Å². The molecule has 0 radical (unpaired) electrons. The van der Waals surface area contributed by atoms with E-state index >= 15 is 0 Å². The number of carbonyl (C=O) groups is 2. The normalized spacial score (nSPS) is 14.2. The van der Waals surface area contributed by atoms with Gasteiger partial charge < -0.3 is 14.6 Å². The number of non-ortho nitro benzene ring substituents is 1. The van der Waals surface area contributed by atoms with Gasteiger partial charge in [0.05, 0.1) is 21.1 Å². The van der Waals surface area contributed by atoms with E-state index < -0.39 is 10.9 Å². The molecule has 182 valence electrons. The van der Waals surface area contributed by atoms with Crippen LogP contribution in [0.4, 0.5) is 11.4 Å². The molecule has 1 N–H and O–H groups in total. The van der Waals surface area contributed by atoms with Crippen LogP contribution in [0.3, 0.4) is 0 Å². The van der Waals surface area contributed by atoms with Crippen LogP contribution in [0.15, 0.2) is 77.7 Å². The smallest absolute Gasteiger partial charge is 0.335 e. The van der Waals surface area contributed by atoms with Crippen LogP contribution in [-0.4, -0.2) is 39.4 Å². The van der Waals surface area contributed by atoms with Gasteiger partial charge in [-0.05, 0) is 54.1 Å². The fourth-order valence-electron chi connectivity index (χ4n) is 3.30. The molecule has 36 heavy (non-hydrogen) atoms. The number of amides is 1. The van der Waals surface area contributed by atoms with Crippen molar-refractivity contribution >= 4 is 57.6 Å². The average Bonchev–Trinajstić information content (AvgIpc) is 3.14. The van der Waals surface area contributed by atoms with Crippen molar-refractivity contribution in [1.82, 2.24) is 0 Å². The maximum Gasteiger partial charge on any atom is 0.335 e. The number of nitro groups is 1. The van der Waals surface area contributed by atoms with Crippen LogP contribution in [-0.2, 0) is 4.79 Å². The second kappa shape index (κ2) is 11.0. The van der Waals surface area contributed by atoms with Gasteiger partial charge in [-0.1, -0.05) is 42.2 Å². The summed E-state index contributed by atoms with van der Waals surface area (Å²) >= 11 is 6.50. The zero-order valence-corrected chi connectivity index (χ0v) is 20.2. The van der Waals surface area contributed by atoms with Crippen molar-refractivity contribution in [3.63, 3.8) is 0 Å². The maximum atomic E-state index is 13.0. The molecule has 1 amide bonds. The second-order valence-corrected chi connectivity index (χ2v) is 9.07. The summed E-state index contributed by atoms with van der Waals surface area (Å²) in [4.78, 5) is 36.2. The molecule has 0 aliphatic carbocycles. The Hall–Kier alpha value is -4.22. The monoisotopic (exact) mass is 522 g/mol. The number of aromatic carboxylic acids is 1. The van der Waals surface area contributed by atoms with Crippen LogP contribution in [0.5, 0.6) is 11.5 Å². The first-order valence-corrected chi connectivity index (χ1v) is 11.8. The molecule has 0 bridgehead atoms. The fraction of sp³-hybridized carbons (Fsp3) is 0.0800. The third kappa shape index (κ3) is 5.88. The SMILES string of the molecule is O=C(O)c1cccc(N2C(=O)/C(=C/c3cccc(OCCOc4ccc([N+](=O)[O-])cc4)c3)SC2=S)c1. The van der Waals surface area contributed by atoms with Crippen molar-refractivity contribution in [1.29, 1.82) is 0 Å². The molecule has 0 aromatic heterocycles. The van der Waals surface area contributed by atoms with E-state index in [4.69, 9.17) is 21.7 Å². The number of rotatable bonds is 9. The van der Waals surface area contributed by atoms with E-state index in [-0.39, 0.29) is 30.4 Å². The second-order valence-electron chi connectivity index (χ2n) is 7.39. The highest BCUT2D eigenvalue weighted by Gasteiger charge is 2.33. The summed E-state index contributed by atoms with van der Waals surface area (Å²) in [5.74, 6) is -0.363. The number of thioether (sulfide) groups is 1. The Bertz CT molecular complexity index is 1370. The molecule has 0 spiro atoms. The Morgan fingerprint density at radius 3 is 2.42 bits per heavy atom. The Balaban J connectivity index is 1.38. The van der Waals surface area contributed by atoms with Crippen LogP contribution in [0.1, 0.15) is 15.9 Å². The predicted molar refractivity (Wildman–Crippen MR) is 140 cm³/mol. The van der Waals surface area contributed by atoms with E-state index in [1.165, 1.54) is 41.3 Å². The van der Waals surface area contributed by atoms with Crippen molar-refractivity contribution in [3.8, 4) is 11.5 Å². The molecule has 1 fully saturated rings. The number of anilines is 1. The van der Waals surface area contributed by atoms with Crippen LogP contribution < -0.4 is 14.4 Å². The lowest BCUT2D eigenvalue weighted by Crippen LogP contribution is -2.27. The first kappa shape index (κ1) is 24.9. The quantitative estimate of drug-likeness (QED) is 0.134. The molecule has 11 heteroatoms. The zero-order chi connectivity index (χ0) is 25.7. The number of hydrogen-bond acceptors (Lipinski definition) is 8. The van der Waals surface area contributed by atoms with E-state index in [2.05, 4.69) is 0 Å². The Morgan fingerprint density at radius 1 is 1.03 bits per heavy atom. The van der Waals surface area contributed by atoms with Crippen LogP contribution in [0, 0.1) is 10.1 Å². The number of ether oxygens (including phenoxy) is 2. The van der Waals surface area contributed by atoms with E-state index in [1.807, 2.05) is 6.07 Å².